The Hall–Kier alpha value is -1.09. The lowest BCUT2D eigenvalue weighted by molar-refractivity contribution is -0.128. The monoisotopic (exact) mass is 332 g/mol. The zero-order chi connectivity index (χ0) is 15.6. The maximum atomic E-state index is 12.1. The second kappa shape index (κ2) is 6.35. The van der Waals surface area contributed by atoms with Gasteiger partial charge in [-0.2, -0.15) is 0 Å². The molecule has 0 bridgehead atoms. The molecule has 1 N–H and O–H groups in total. The molecular formula is C12H20N4O3S2. The Labute approximate surface area is 128 Å². The first-order valence-electron chi connectivity index (χ1n) is 6.79. The fourth-order valence-electron chi connectivity index (χ4n) is 2.09. The Morgan fingerprint density at radius 3 is 2.76 bits per heavy atom. The van der Waals surface area contributed by atoms with Crippen molar-refractivity contribution in [2.24, 2.45) is 0 Å². The third-order valence-corrected chi connectivity index (χ3v) is 6.09. The van der Waals surface area contributed by atoms with Gasteiger partial charge in [-0.1, -0.05) is 25.6 Å². The predicted octanol–water partition coefficient (Wildman–Crippen LogP) is 0.666. The van der Waals surface area contributed by atoms with Gasteiger partial charge in [-0.25, -0.2) is 13.4 Å². The highest BCUT2D eigenvalue weighted by Gasteiger charge is 2.32. The van der Waals surface area contributed by atoms with E-state index in [1.54, 1.807) is 7.05 Å². The minimum Gasteiger partial charge on any atom is -0.341 e. The topological polar surface area (TPSA) is 96.0 Å². The van der Waals surface area contributed by atoms with Gasteiger partial charge in [0.2, 0.25) is 11.1 Å². The van der Waals surface area contributed by atoms with Crippen LogP contribution in [0.25, 0.3) is 0 Å². The lowest BCUT2D eigenvalue weighted by Gasteiger charge is -2.22. The molecule has 21 heavy (non-hydrogen) atoms. The average molecular weight is 332 g/mol. The van der Waals surface area contributed by atoms with Crippen LogP contribution in [-0.4, -0.2) is 64.8 Å². The van der Waals surface area contributed by atoms with Crippen LogP contribution in [0, 0.1) is 0 Å². The van der Waals surface area contributed by atoms with Gasteiger partial charge in [-0.05, 0) is 6.42 Å². The number of nitrogens with one attached hydrogen (secondary N) is 1. The normalized spacial score (nSPS) is 20.9. The number of hydrogen-bond donors (Lipinski definition) is 1. The SMILES string of the molecule is CC(C)c1nc(SCC(=O)N(C)C2CCS(=O)(=O)C2)n[nH]1. The molecule has 2 rings (SSSR count). The molecule has 1 saturated heterocycles. The highest BCUT2D eigenvalue weighted by atomic mass is 32.2. The third-order valence-electron chi connectivity index (χ3n) is 3.50. The summed E-state index contributed by atoms with van der Waals surface area (Å²) in [6.07, 6.45) is 0.521. The van der Waals surface area contributed by atoms with Gasteiger partial charge in [0.05, 0.1) is 17.3 Å². The van der Waals surface area contributed by atoms with Gasteiger partial charge in [0, 0.05) is 19.0 Å². The number of hydrogen-bond acceptors (Lipinski definition) is 6. The van der Waals surface area contributed by atoms with Crippen LogP contribution in [0.15, 0.2) is 5.16 Å². The second-order valence-corrected chi connectivity index (χ2v) is 8.68. The molecule has 0 aliphatic carbocycles. The Morgan fingerprint density at radius 1 is 1.52 bits per heavy atom. The van der Waals surface area contributed by atoms with Crippen LogP contribution in [-0.2, 0) is 14.6 Å². The molecular weight excluding hydrogens is 312 g/mol. The lowest BCUT2D eigenvalue weighted by Crippen LogP contribution is -2.38. The Kier molecular flexibility index (Phi) is 4.92. The van der Waals surface area contributed by atoms with Gasteiger partial charge in [-0.15, -0.1) is 5.10 Å². The van der Waals surface area contributed by atoms with Gasteiger partial charge in [-0.3, -0.25) is 9.89 Å². The quantitative estimate of drug-likeness (QED) is 0.796. The predicted molar refractivity (Wildman–Crippen MR) is 81.0 cm³/mol. The highest BCUT2D eigenvalue weighted by Crippen LogP contribution is 2.20. The molecule has 2 heterocycles. The number of carbonyl (C=O) groups excluding carboxylic acids is 1. The first-order valence-corrected chi connectivity index (χ1v) is 9.60. The van der Waals surface area contributed by atoms with Crippen molar-refractivity contribution < 1.29 is 13.2 Å². The molecule has 118 valence electrons. The fraction of sp³-hybridized carbons (Fsp3) is 0.750. The molecule has 9 heteroatoms. The number of sulfone groups is 1. The lowest BCUT2D eigenvalue weighted by atomic mass is 10.2. The number of aromatic nitrogens is 3. The molecule has 1 aliphatic rings. The summed E-state index contributed by atoms with van der Waals surface area (Å²) in [7, 11) is -1.32. The zero-order valence-electron chi connectivity index (χ0n) is 12.4. The van der Waals surface area contributed by atoms with Crippen LogP contribution in [0.3, 0.4) is 0 Å². The van der Waals surface area contributed by atoms with Crippen molar-refractivity contribution in [3.8, 4) is 0 Å². The molecule has 1 fully saturated rings. The van der Waals surface area contributed by atoms with E-state index in [0.29, 0.717) is 11.6 Å². The van der Waals surface area contributed by atoms with E-state index in [0.717, 1.165) is 5.82 Å². The molecule has 0 saturated carbocycles. The van der Waals surface area contributed by atoms with E-state index in [4.69, 9.17) is 0 Å². The number of carbonyl (C=O) groups is 1. The number of amides is 1. The van der Waals surface area contributed by atoms with E-state index >= 15 is 0 Å². The summed E-state index contributed by atoms with van der Waals surface area (Å²) in [6, 6.07) is -0.207. The molecule has 1 unspecified atom stereocenters. The van der Waals surface area contributed by atoms with Crippen LogP contribution in [0.2, 0.25) is 0 Å². The summed E-state index contributed by atoms with van der Waals surface area (Å²) in [5.41, 5.74) is 0. The smallest absolute Gasteiger partial charge is 0.233 e. The summed E-state index contributed by atoms with van der Waals surface area (Å²) in [5, 5.41) is 7.43. The molecule has 0 aromatic carbocycles. The molecule has 0 spiro atoms. The number of thioether (sulfide) groups is 1. The van der Waals surface area contributed by atoms with E-state index in [1.807, 2.05) is 13.8 Å². The van der Waals surface area contributed by atoms with Crippen molar-refractivity contribution in [2.75, 3.05) is 24.3 Å². The van der Waals surface area contributed by atoms with Crippen LogP contribution >= 0.6 is 11.8 Å². The summed E-state index contributed by atoms with van der Waals surface area (Å²) in [5.74, 6) is 1.40. The number of H-pyrrole nitrogens is 1. The minimum absolute atomic E-state index is 0.0675. The summed E-state index contributed by atoms with van der Waals surface area (Å²) in [6.45, 7) is 4.02. The van der Waals surface area contributed by atoms with E-state index < -0.39 is 9.84 Å². The van der Waals surface area contributed by atoms with Crippen LogP contribution in [0.1, 0.15) is 32.0 Å². The average Bonchev–Trinajstić information content (AvgIpc) is 3.01. The first-order chi connectivity index (χ1) is 9.78. The highest BCUT2D eigenvalue weighted by molar-refractivity contribution is 7.99. The van der Waals surface area contributed by atoms with E-state index in [9.17, 15) is 13.2 Å². The van der Waals surface area contributed by atoms with Crippen molar-refractivity contribution in [3.63, 3.8) is 0 Å². The maximum absolute atomic E-state index is 12.1. The molecule has 0 radical (unpaired) electrons. The molecule has 1 amide bonds. The Morgan fingerprint density at radius 2 is 2.24 bits per heavy atom. The standard InChI is InChI=1S/C12H20N4O3S2/c1-8(2)11-13-12(15-14-11)20-6-10(17)16(3)9-4-5-21(18,19)7-9/h8-9H,4-7H2,1-3H3,(H,13,14,15). The van der Waals surface area contributed by atoms with Gasteiger partial charge in [0.25, 0.3) is 0 Å². The zero-order valence-corrected chi connectivity index (χ0v) is 14.0. The van der Waals surface area contributed by atoms with Crippen molar-refractivity contribution in [2.45, 2.75) is 37.4 Å². The fourth-order valence-corrected chi connectivity index (χ4v) is 4.60. The van der Waals surface area contributed by atoms with E-state index in [-0.39, 0.29) is 35.1 Å². The van der Waals surface area contributed by atoms with E-state index in [1.165, 1.54) is 16.7 Å². The van der Waals surface area contributed by atoms with Crippen molar-refractivity contribution >= 4 is 27.5 Å². The summed E-state index contributed by atoms with van der Waals surface area (Å²) in [4.78, 5) is 17.9. The molecule has 1 atom stereocenters. The Bertz CT molecular complexity index is 612. The largest absolute Gasteiger partial charge is 0.341 e. The van der Waals surface area contributed by atoms with Crippen LogP contribution in [0.4, 0.5) is 0 Å². The van der Waals surface area contributed by atoms with Gasteiger partial charge in [0.15, 0.2) is 9.84 Å². The number of rotatable bonds is 5. The van der Waals surface area contributed by atoms with Crippen molar-refractivity contribution in [1.82, 2.24) is 20.1 Å². The van der Waals surface area contributed by atoms with Crippen molar-refractivity contribution in [1.29, 1.82) is 0 Å². The Balaban J connectivity index is 1.86. The summed E-state index contributed by atoms with van der Waals surface area (Å²) >= 11 is 1.26. The molecule has 1 aromatic heterocycles. The second-order valence-electron chi connectivity index (χ2n) is 5.51. The van der Waals surface area contributed by atoms with Gasteiger partial charge in [0.1, 0.15) is 5.82 Å². The minimum atomic E-state index is -2.98. The summed E-state index contributed by atoms with van der Waals surface area (Å²) < 4.78 is 22.9. The van der Waals surface area contributed by atoms with Crippen LogP contribution < -0.4 is 0 Å². The number of aromatic amines is 1. The van der Waals surface area contributed by atoms with E-state index in [2.05, 4.69) is 15.2 Å². The number of nitrogens with zero attached hydrogens (tertiary/aromatic N) is 3. The molecule has 1 aromatic rings. The molecule has 1 aliphatic heterocycles. The maximum Gasteiger partial charge on any atom is 0.233 e. The molecule has 7 nitrogen and oxygen atoms in total. The van der Waals surface area contributed by atoms with Crippen LogP contribution in [0.5, 0.6) is 0 Å². The van der Waals surface area contributed by atoms with Gasteiger partial charge < -0.3 is 4.90 Å². The van der Waals surface area contributed by atoms with Gasteiger partial charge >= 0.3 is 0 Å². The first kappa shape index (κ1) is 16.3. The van der Waals surface area contributed by atoms with Crippen molar-refractivity contribution in [3.05, 3.63) is 5.82 Å². The third kappa shape index (κ3) is 4.19.